The predicted octanol–water partition coefficient (Wildman–Crippen LogP) is 4.60. The highest BCUT2D eigenvalue weighted by Crippen LogP contribution is 2.30. The Morgan fingerprint density at radius 2 is 1.88 bits per heavy atom. The molecule has 8 heteroatoms. The average Bonchev–Trinajstić information content (AvgIpc) is 3.34. The van der Waals surface area contributed by atoms with Crippen molar-refractivity contribution in [2.45, 2.75) is 26.3 Å². The van der Waals surface area contributed by atoms with Crippen LogP contribution in [0.1, 0.15) is 25.3 Å². The normalized spacial score (nSPS) is 15.6. The number of nitrogens with zero attached hydrogens (tertiary/aromatic N) is 1. The van der Waals surface area contributed by atoms with E-state index in [-0.39, 0.29) is 24.0 Å². The Balaban J connectivity index is 0.00000385. The van der Waals surface area contributed by atoms with E-state index in [4.69, 9.17) is 18.9 Å². The molecule has 0 aliphatic carbocycles. The molecule has 33 heavy (non-hydrogen) atoms. The molecule has 0 spiro atoms. The smallest absolute Gasteiger partial charge is 0.191 e. The van der Waals surface area contributed by atoms with Gasteiger partial charge in [0.25, 0.3) is 0 Å². The lowest BCUT2D eigenvalue weighted by atomic mass is 10.1. The zero-order valence-electron chi connectivity index (χ0n) is 19.5. The number of methoxy groups -OCH3 is 1. The Morgan fingerprint density at radius 1 is 1.09 bits per heavy atom. The van der Waals surface area contributed by atoms with Crippen LogP contribution < -0.4 is 20.1 Å². The highest BCUT2D eigenvalue weighted by molar-refractivity contribution is 14.0. The number of guanidine groups is 1. The molecule has 2 N–H and O–H groups in total. The summed E-state index contributed by atoms with van der Waals surface area (Å²) in [6.45, 7) is 7.53. The van der Waals surface area contributed by atoms with E-state index < -0.39 is 0 Å². The minimum absolute atomic E-state index is 0. The van der Waals surface area contributed by atoms with Crippen LogP contribution in [0.25, 0.3) is 0 Å². The molecule has 3 rings (SSSR count). The third-order valence-corrected chi connectivity index (χ3v) is 5.12. The van der Waals surface area contributed by atoms with E-state index in [0.29, 0.717) is 24.0 Å². The molecule has 1 atom stereocenters. The van der Waals surface area contributed by atoms with Gasteiger partial charge in [-0.25, -0.2) is 4.99 Å². The van der Waals surface area contributed by atoms with Gasteiger partial charge in [0.2, 0.25) is 0 Å². The second kappa shape index (κ2) is 15.7. The number of nitrogens with one attached hydrogen (secondary N) is 2. The fourth-order valence-electron chi connectivity index (χ4n) is 3.35. The molecule has 1 aliphatic heterocycles. The highest BCUT2D eigenvalue weighted by atomic mass is 127. The molecule has 1 heterocycles. The molecular weight excluding hydrogens is 533 g/mol. The van der Waals surface area contributed by atoms with E-state index in [0.717, 1.165) is 69.6 Å². The first-order valence-corrected chi connectivity index (χ1v) is 11.4. The van der Waals surface area contributed by atoms with Crippen molar-refractivity contribution in [3.05, 3.63) is 54.1 Å². The molecule has 2 aromatic rings. The second-order valence-electron chi connectivity index (χ2n) is 7.68. The maximum absolute atomic E-state index is 5.93. The number of ether oxygens (including phenoxy) is 4. The fraction of sp³-hybridized carbons (Fsp3) is 0.480. The zero-order valence-corrected chi connectivity index (χ0v) is 21.9. The van der Waals surface area contributed by atoms with Gasteiger partial charge in [-0.2, -0.15) is 0 Å². The standard InChI is InChI=1S/C25H35N3O4.HI/c1-3-26-25(27-14-6-15-30-18-21-13-16-31-19-21)28-17-20-9-11-22(12-10-20)32-24-8-5-4-7-23(24)29-2;/h4-5,7-12,21H,3,6,13-19H2,1-2H3,(H2,26,27,28);1H. The molecule has 0 bridgehead atoms. The number of hydrogen-bond acceptors (Lipinski definition) is 5. The minimum Gasteiger partial charge on any atom is -0.493 e. The molecule has 1 saturated heterocycles. The molecule has 1 fully saturated rings. The van der Waals surface area contributed by atoms with E-state index in [2.05, 4.69) is 22.5 Å². The van der Waals surface area contributed by atoms with E-state index >= 15 is 0 Å². The summed E-state index contributed by atoms with van der Waals surface area (Å²) in [5, 5.41) is 6.66. The Bertz CT molecular complexity index is 827. The Hall–Kier alpha value is -2.04. The van der Waals surface area contributed by atoms with Crippen molar-refractivity contribution in [1.29, 1.82) is 0 Å². The summed E-state index contributed by atoms with van der Waals surface area (Å²) in [5.74, 6) is 3.54. The molecular formula is C25H36IN3O4. The lowest BCUT2D eigenvalue weighted by Crippen LogP contribution is -2.38. The van der Waals surface area contributed by atoms with Crippen LogP contribution in [0.3, 0.4) is 0 Å². The van der Waals surface area contributed by atoms with Crippen molar-refractivity contribution in [3.63, 3.8) is 0 Å². The monoisotopic (exact) mass is 569 g/mol. The Labute approximate surface area is 214 Å². The predicted molar refractivity (Wildman–Crippen MR) is 142 cm³/mol. The molecule has 0 radical (unpaired) electrons. The van der Waals surface area contributed by atoms with Crippen LogP contribution in [-0.2, 0) is 16.0 Å². The quantitative estimate of drug-likeness (QED) is 0.169. The molecule has 1 aliphatic rings. The van der Waals surface area contributed by atoms with E-state index in [1.165, 1.54) is 0 Å². The van der Waals surface area contributed by atoms with Crippen molar-refractivity contribution < 1.29 is 18.9 Å². The van der Waals surface area contributed by atoms with E-state index in [1.807, 2.05) is 48.5 Å². The van der Waals surface area contributed by atoms with Gasteiger partial charge in [0.15, 0.2) is 17.5 Å². The molecule has 182 valence electrons. The van der Waals surface area contributed by atoms with Crippen LogP contribution in [0.15, 0.2) is 53.5 Å². The fourth-order valence-corrected chi connectivity index (χ4v) is 3.35. The first-order chi connectivity index (χ1) is 15.8. The molecule has 0 aromatic heterocycles. The van der Waals surface area contributed by atoms with Crippen molar-refractivity contribution in [2.75, 3.05) is 46.6 Å². The number of benzene rings is 2. The zero-order chi connectivity index (χ0) is 22.4. The van der Waals surface area contributed by atoms with Gasteiger partial charge in [0, 0.05) is 32.2 Å². The van der Waals surface area contributed by atoms with Crippen LogP contribution in [0.5, 0.6) is 17.2 Å². The molecule has 0 amide bonds. The number of para-hydroxylation sites is 2. The summed E-state index contributed by atoms with van der Waals surface area (Å²) in [4.78, 5) is 4.68. The summed E-state index contributed by atoms with van der Waals surface area (Å²) in [6.07, 6.45) is 2.05. The van der Waals surface area contributed by atoms with Crippen LogP contribution >= 0.6 is 24.0 Å². The number of aliphatic imine (C=N–C) groups is 1. The number of rotatable bonds is 12. The van der Waals surface area contributed by atoms with Gasteiger partial charge in [-0.15, -0.1) is 24.0 Å². The average molecular weight is 569 g/mol. The lowest BCUT2D eigenvalue weighted by molar-refractivity contribution is 0.0888. The van der Waals surface area contributed by atoms with Crippen LogP contribution in [0.2, 0.25) is 0 Å². The lowest BCUT2D eigenvalue weighted by Gasteiger charge is -2.12. The van der Waals surface area contributed by atoms with Crippen molar-refractivity contribution >= 4 is 29.9 Å². The van der Waals surface area contributed by atoms with Crippen molar-refractivity contribution in [3.8, 4) is 17.2 Å². The third kappa shape index (κ3) is 9.77. The number of hydrogen-bond donors (Lipinski definition) is 2. The molecule has 2 aromatic carbocycles. The summed E-state index contributed by atoms with van der Waals surface area (Å²) in [7, 11) is 1.64. The van der Waals surface area contributed by atoms with Gasteiger partial charge in [-0.05, 0) is 49.6 Å². The summed E-state index contributed by atoms with van der Waals surface area (Å²) in [6, 6.07) is 15.6. The topological polar surface area (TPSA) is 73.3 Å². The molecule has 7 nitrogen and oxygen atoms in total. The van der Waals surface area contributed by atoms with Gasteiger partial charge in [-0.1, -0.05) is 24.3 Å². The Kier molecular flexibility index (Phi) is 13.0. The van der Waals surface area contributed by atoms with Gasteiger partial charge in [0.1, 0.15) is 5.75 Å². The maximum Gasteiger partial charge on any atom is 0.191 e. The highest BCUT2D eigenvalue weighted by Gasteiger charge is 2.15. The molecule has 0 saturated carbocycles. The number of halogens is 1. The van der Waals surface area contributed by atoms with E-state index in [9.17, 15) is 0 Å². The van der Waals surface area contributed by atoms with Gasteiger partial charge in [-0.3, -0.25) is 0 Å². The first kappa shape index (κ1) is 27.2. The van der Waals surface area contributed by atoms with Gasteiger partial charge >= 0.3 is 0 Å². The second-order valence-corrected chi connectivity index (χ2v) is 7.68. The van der Waals surface area contributed by atoms with Crippen molar-refractivity contribution in [2.24, 2.45) is 10.9 Å². The maximum atomic E-state index is 5.93. The van der Waals surface area contributed by atoms with E-state index in [1.54, 1.807) is 7.11 Å². The SMILES string of the molecule is CCNC(=NCc1ccc(Oc2ccccc2OC)cc1)NCCCOCC1CCOC1.I. The van der Waals surface area contributed by atoms with Gasteiger partial charge in [0.05, 0.1) is 26.9 Å². The summed E-state index contributed by atoms with van der Waals surface area (Å²) >= 11 is 0. The van der Waals surface area contributed by atoms with Crippen molar-refractivity contribution in [1.82, 2.24) is 10.6 Å². The summed E-state index contributed by atoms with van der Waals surface area (Å²) < 4.78 is 22.4. The van der Waals surface area contributed by atoms with Crippen LogP contribution in [0, 0.1) is 5.92 Å². The first-order valence-electron chi connectivity index (χ1n) is 11.4. The largest absolute Gasteiger partial charge is 0.493 e. The van der Waals surface area contributed by atoms with Crippen LogP contribution in [-0.4, -0.2) is 52.6 Å². The van der Waals surface area contributed by atoms with Crippen LogP contribution in [0.4, 0.5) is 0 Å². The Morgan fingerprint density at radius 3 is 2.58 bits per heavy atom. The summed E-state index contributed by atoms with van der Waals surface area (Å²) in [5.41, 5.74) is 1.11. The minimum atomic E-state index is 0. The van der Waals surface area contributed by atoms with Gasteiger partial charge < -0.3 is 29.6 Å². The molecule has 1 unspecified atom stereocenters. The third-order valence-electron chi connectivity index (χ3n) is 5.12.